The quantitative estimate of drug-likeness (QED) is 0.482. The summed E-state index contributed by atoms with van der Waals surface area (Å²) in [4.78, 5) is 25.0. The molecule has 3 rings (SSSR count). The number of benzene rings is 3. The summed E-state index contributed by atoms with van der Waals surface area (Å²) in [7, 11) is 0. The van der Waals surface area contributed by atoms with Crippen LogP contribution >= 0.6 is 15.9 Å². The smallest absolute Gasteiger partial charge is 0.408 e. The van der Waals surface area contributed by atoms with Crippen molar-refractivity contribution in [1.29, 1.82) is 0 Å². The molecule has 0 aliphatic carbocycles. The van der Waals surface area contributed by atoms with Gasteiger partial charge in [-0.25, -0.2) is 9.59 Å². The van der Waals surface area contributed by atoms with E-state index in [2.05, 4.69) is 27.3 Å². The summed E-state index contributed by atoms with van der Waals surface area (Å²) in [6.45, 7) is 0.240. The van der Waals surface area contributed by atoms with Gasteiger partial charge < -0.3 is 14.8 Å². The summed E-state index contributed by atoms with van der Waals surface area (Å²) in [5.41, 5.74) is 2.49. The molecule has 1 radical (unpaired) electrons. The molecule has 30 heavy (non-hydrogen) atoms. The second-order valence-electron chi connectivity index (χ2n) is 6.59. The minimum Gasteiger partial charge on any atom is -0.459 e. The molecule has 0 aromatic heterocycles. The molecule has 0 saturated heterocycles. The van der Waals surface area contributed by atoms with E-state index in [9.17, 15) is 9.59 Å². The Kier molecular flexibility index (Phi) is 8.03. The van der Waals surface area contributed by atoms with E-state index in [4.69, 9.17) is 9.47 Å². The lowest BCUT2D eigenvalue weighted by molar-refractivity contribution is -0.147. The first-order chi connectivity index (χ1) is 14.6. The van der Waals surface area contributed by atoms with Gasteiger partial charge in [-0.1, -0.05) is 82.7 Å². The zero-order valence-electron chi connectivity index (χ0n) is 16.2. The predicted molar refractivity (Wildman–Crippen MR) is 116 cm³/mol. The second kappa shape index (κ2) is 11.2. The minimum atomic E-state index is -0.894. The molecule has 1 amide bonds. The molecule has 0 aliphatic rings. The predicted octanol–water partition coefficient (Wildman–Crippen LogP) is 4.83. The third-order valence-electron chi connectivity index (χ3n) is 4.28. The van der Waals surface area contributed by atoms with Crippen LogP contribution in [0.5, 0.6) is 0 Å². The standard InChI is InChI=1S/C24H21BrNO4/c25-21-13-11-18(12-14-21)15-22(23(27)29-16-19-7-3-1-4-8-19)26-24(28)30-17-20-9-5-2-6-10-20/h1-11,13-14,22H,15-17H2,(H,26,28). The molecule has 1 atom stereocenters. The first kappa shape index (κ1) is 21.6. The molecule has 0 aliphatic heterocycles. The van der Waals surface area contributed by atoms with Gasteiger partial charge in [0.05, 0.1) is 0 Å². The first-order valence-corrected chi connectivity index (χ1v) is 10.2. The molecule has 153 valence electrons. The average Bonchev–Trinajstić information content (AvgIpc) is 2.78. The molecule has 0 heterocycles. The molecular formula is C24H21BrNO4. The highest BCUT2D eigenvalue weighted by atomic mass is 79.9. The van der Waals surface area contributed by atoms with Crippen LogP contribution in [0.3, 0.4) is 0 Å². The average molecular weight is 467 g/mol. The van der Waals surface area contributed by atoms with Crippen LogP contribution in [0.25, 0.3) is 0 Å². The number of ether oxygens (including phenoxy) is 2. The van der Waals surface area contributed by atoms with Gasteiger partial charge in [0.2, 0.25) is 0 Å². The topological polar surface area (TPSA) is 64.6 Å². The van der Waals surface area contributed by atoms with E-state index in [-0.39, 0.29) is 19.6 Å². The lowest BCUT2D eigenvalue weighted by atomic mass is 10.1. The Labute approximate surface area is 184 Å². The van der Waals surface area contributed by atoms with Crippen molar-refractivity contribution >= 4 is 28.0 Å². The highest BCUT2D eigenvalue weighted by molar-refractivity contribution is 9.10. The molecule has 0 fully saturated rings. The van der Waals surface area contributed by atoms with Crippen LogP contribution < -0.4 is 5.32 Å². The summed E-state index contributed by atoms with van der Waals surface area (Å²) < 4.78 is 11.5. The van der Waals surface area contributed by atoms with E-state index in [0.717, 1.165) is 21.2 Å². The molecule has 0 saturated carbocycles. The fourth-order valence-electron chi connectivity index (χ4n) is 2.71. The van der Waals surface area contributed by atoms with Gasteiger partial charge in [-0.2, -0.15) is 0 Å². The summed E-state index contributed by atoms with van der Waals surface area (Å²) in [6, 6.07) is 26.3. The maximum absolute atomic E-state index is 12.7. The fourth-order valence-corrected chi connectivity index (χ4v) is 2.96. The zero-order chi connectivity index (χ0) is 21.2. The third kappa shape index (κ3) is 7.04. The summed E-state index contributed by atoms with van der Waals surface area (Å²) >= 11 is 3.36. The van der Waals surface area contributed by atoms with Crippen LogP contribution in [0, 0.1) is 6.07 Å². The number of hydrogen-bond donors (Lipinski definition) is 1. The number of hydrogen-bond acceptors (Lipinski definition) is 4. The summed E-state index contributed by atoms with van der Waals surface area (Å²) in [5.74, 6) is -0.535. The Balaban J connectivity index is 1.62. The van der Waals surface area contributed by atoms with Gasteiger partial charge in [-0.3, -0.25) is 0 Å². The van der Waals surface area contributed by atoms with Crippen molar-refractivity contribution in [3.63, 3.8) is 0 Å². The van der Waals surface area contributed by atoms with Crippen LogP contribution in [0.4, 0.5) is 4.79 Å². The van der Waals surface area contributed by atoms with E-state index >= 15 is 0 Å². The van der Waals surface area contributed by atoms with Gasteiger partial charge in [0.1, 0.15) is 19.3 Å². The van der Waals surface area contributed by atoms with Crippen molar-refractivity contribution in [3.8, 4) is 0 Å². The van der Waals surface area contributed by atoms with Crippen LogP contribution in [-0.4, -0.2) is 18.1 Å². The zero-order valence-corrected chi connectivity index (χ0v) is 17.8. The molecule has 5 nitrogen and oxygen atoms in total. The highest BCUT2D eigenvalue weighted by Crippen LogP contribution is 2.13. The number of rotatable bonds is 8. The molecule has 6 heteroatoms. The Hall–Kier alpha value is -3.12. The van der Waals surface area contributed by atoms with E-state index < -0.39 is 18.1 Å². The number of nitrogens with one attached hydrogen (secondary N) is 1. The van der Waals surface area contributed by atoms with E-state index in [1.165, 1.54) is 0 Å². The molecule has 1 unspecified atom stereocenters. The molecule has 3 aromatic rings. The molecular weight excluding hydrogens is 446 g/mol. The number of alkyl carbamates (subject to hydrolysis) is 1. The SMILES string of the molecule is O=C(NC(Cc1[c]cc(Br)cc1)C(=O)OCc1ccccc1)OCc1ccccc1. The Bertz CT molecular complexity index is 946. The maximum atomic E-state index is 12.7. The molecule has 0 bridgehead atoms. The number of carbonyl (C=O) groups is 2. The Morgan fingerprint density at radius 1 is 0.867 bits per heavy atom. The molecule has 0 spiro atoms. The van der Waals surface area contributed by atoms with Gasteiger partial charge in [0.25, 0.3) is 0 Å². The fraction of sp³-hybridized carbons (Fsp3) is 0.167. The molecule has 1 N–H and O–H groups in total. The summed E-state index contributed by atoms with van der Waals surface area (Å²) in [6.07, 6.45) is -0.445. The minimum absolute atomic E-state index is 0.114. The van der Waals surface area contributed by atoms with E-state index in [1.54, 1.807) is 6.07 Å². The van der Waals surface area contributed by atoms with Gasteiger partial charge in [0, 0.05) is 10.9 Å². The molecule has 3 aromatic carbocycles. The van der Waals surface area contributed by atoms with Crippen molar-refractivity contribution in [2.75, 3.05) is 0 Å². The second-order valence-corrected chi connectivity index (χ2v) is 7.50. The Morgan fingerprint density at radius 3 is 2.03 bits per heavy atom. The monoisotopic (exact) mass is 466 g/mol. The number of halogens is 1. The van der Waals surface area contributed by atoms with Crippen molar-refractivity contribution < 1.29 is 19.1 Å². The van der Waals surface area contributed by atoms with Gasteiger partial charge in [-0.05, 0) is 34.9 Å². The number of amides is 1. The number of esters is 1. The largest absolute Gasteiger partial charge is 0.459 e. The maximum Gasteiger partial charge on any atom is 0.408 e. The van der Waals surface area contributed by atoms with Crippen molar-refractivity contribution in [2.24, 2.45) is 0 Å². The van der Waals surface area contributed by atoms with Crippen molar-refractivity contribution in [1.82, 2.24) is 5.32 Å². The van der Waals surface area contributed by atoms with Crippen molar-refractivity contribution in [3.05, 3.63) is 106 Å². The van der Waals surface area contributed by atoms with Crippen LogP contribution in [0.1, 0.15) is 16.7 Å². The van der Waals surface area contributed by atoms with E-state index in [1.807, 2.05) is 72.8 Å². The van der Waals surface area contributed by atoms with Gasteiger partial charge in [-0.15, -0.1) is 0 Å². The van der Waals surface area contributed by atoms with Gasteiger partial charge in [0.15, 0.2) is 0 Å². The van der Waals surface area contributed by atoms with Crippen LogP contribution in [-0.2, 0) is 33.9 Å². The van der Waals surface area contributed by atoms with Crippen molar-refractivity contribution in [2.45, 2.75) is 25.7 Å². The third-order valence-corrected chi connectivity index (χ3v) is 4.77. The van der Waals surface area contributed by atoms with E-state index in [0.29, 0.717) is 0 Å². The first-order valence-electron chi connectivity index (χ1n) is 9.44. The lowest BCUT2D eigenvalue weighted by Crippen LogP contribution is -2.43. The van der Waals surface area contributed by atoms with Crippen LogP contribution in [0.2, 0.25) is 0 Å². The Morgan fingerprint density at radius 2 is 1.47 bits per heavy atom. The van der Waals surface area contributed by atoms with Crippen LogP contribution in [0.15, 0.2) is 83.3 Å². The summed E-state index contributed by atoms with van der Waals surface area (Å²) in [5, 5.41) is 2.62. The number of carbonyl (C=O) groups excluding carboxylic acids is 2. The highest BCUT2D eigenvalue weighted by Gasteiger charge is 2.24. The normalized spacial score (nSPS) is 11.4. The van der Waals surface area contributed by atoms with Gasteiger partial charge >= 0.3 is 12.1 Å². The lowest BCUT2D eigenvalue weighted by Gasteiger charge is -2.18.